The summed E-state index contributed by atoms with van der Waals surface area (Å²) in [5.74, 6) is -0.0958. The Balaban J connectivity index is 1.31. The Labute approximate surface area is 174 Å². The summed E-state index contributed by atoms with van der Waals surface area (Å²) in [6.45, 7) is 1.79. The molecule has 156 valence electrons. The van der Waals surface area contributed by atoms with E-state index < -0.39 is 0 Å². The maximum atomic E-state index is 13.1. The molecule has 3 aromatic rings. The average Bonchev–Trinajstić information content (AvgIpc) is 3.42. The minimum Gasteiger partial charge on any atom is -0.376 e. The molecule has 1 amide bonds. The second-order valence-corrected chi connectivity index (χ2v) is 8.20. The van der Waals surface area contributed by atoms with Gasteiger partial charge >= 0.3 is 0 Å². The topological polar surface area (TPSA) is 77.6 Å². The van der Waals surface area contributed by atoms with Gasteiger partial charge in [-0.1, -0.05) is 12.1 Å². The summed E-state index contributed by atoms with van der Waals surface area (Å²) in [7, 11) is 0. The lowest BCUT2D eigenvalue weighted by Crippen LogP contribution is -2.31. The SMILES string of the molecule is O=C(NC[C@H]1CCCO1)c1ccc(Cn2ccn3nc4c(c3c2=O)CCCC4)cc1. The Bertz CT molecular complexity index is 1120. The quantitative estimate of drug-likeness (QED) is 0.706. The molecule has 2 aromatic heterocycles. The van der Waals surface area contributed by atoms with E-state index in [9.17, 15) is 9.59 Å². The molecule has 1 saturated heterocycles. The van der Waals surface area contributed by atoms with Crippen molar-refractivity contribution in [1.82, 2.24) is 19.5 Å². The Kier molecular flexibility index (Phi) is 5.12. The van der Waals surface area contributed by atoms with Crippen LogP contribution in [-0.2, 0) is 24.1 Å². The van der Waals surface area contributed by atoms with E-state index in [1.165, 1.54) is 0 Å². The molecule has 30 heavy (non-hydrogen) atoms. The van der Waals surface area contributed by atoms with Gasteiger partial charge in [0.15, 0.2) is 0 Å². The molecule has 0 bridgehead atoms. The number of amides is 1. The Morgan fingerprint density at radius 3 is 2.77 bits per heavy atom. The molecule has 5 rings (SSSR count). The second-order valence-electron chi connectivity index (χ2n) is 8.20. The van der Waals surface area contributed by atoms with E-state index in [4.69, 9.17) is 4.74 Å². The van der Waals surface area contributed by atoms with Gasteiger partial charge in [-0.25, -0.2) is 4.52 Å². The third kappa shape index (κ3) is 3.65. The van der Waals surface area contributed by atoms with Crippen LogP contribution < -0.4 is 10.9 Å². The number of fused-ring (bicyclic) bond motifs is 3. The number of nitrogens with one attached hydrogen (secondary N) is 1. The third-order valence-corrected chi connectivity index (χ3v) is 6.12. The molecule has 0 radical (unpaired) electrons. The fraction of sp³-hybridized carbons (Fsp3) is 0.435. The van der Waals surface area contributed by atoms with Crippen molar-refractivity contribution >= 4 is 11.4 Å². The van der Waals surface area contributed by atoms with Crippen LogP contribution in [0, 0.1) is 0 Å². The van der Waals surface area contributed by atoms with Crippen LogP contribution >= 0.6 is 0 Å². The fourth-order valence-corrected chi connectivity index (χ4v) is 4.45. The molecule has 7 heteroatoms. The fourth-order valence-electron chi connectivity index (χ4n) is 4.45. The Morgan fingerprint density at radius 1 is 1.13 bits per heavy atom. The smallest absolute Gasteiger partial charge is 0.277 e. The highest BCUT2D eigenvalue weighted by atomic mass is 16.5. The number of nitrogens with zero attached hydrogens (tertiary/aromatic N) is 3. The number of hydrogen-bond acceptors (Lipinski definition) is 4. The van der Waals surface area contributed by atoms with Crippen molar-refractivity contribution in [2.75, 3.05) is 13.2 Å². The van der Waals surface area contributed by atoms with E-state index in [1.807, 2.05) is 30.5 Å². The van der Waals surface area contributed by atoms with E-state index in [1.54, 1.807) is 15.3 Å². The largest absolute Gasteiger partial charge is 0.376 e. The first-order valence-corrected chi connectivity index (χ1v) is 10.8. The van der Waals surface area contributed by atoms with Crippen molar-refractivity contribution in [3.63, 3.8) is 0 Å². The van der Waals surface area contributed by atoms with E-state index in [2.05, 4.69) is 10.4 Å². The van der Waals surface area contributed by atoms with Crippen LogP contribution in [0.2, 0.25) is 0 Å². The first-order valence-electron chi connectivity index (χ1n) is 10.8. The molecule has 1 aliphatic carbocycles. The zero-order valence-electron chi connectivity index (χ0n) is 17.0. The van der Waals surface area contributed by atoms with Gasteiger partial charge in [0.25, 0.3) is 11.5 Å². The van der Waals surface area contributed by atoms with Crippen molar-refractivity contribution in [3.8, 4) is 0 Å². The summed E-state index contributed by atoms with van der Waals surface area (Å²) in [4.78, 5) is 25.4. The molecule has 1 aromatic carbocycles. The third-order valence-electron chi connectivity index (χ3n) is 6.12. The van der Waals surface area contributed by atoms with Gasteiger partial charge in [0.05, 0.1) is 18.3 Å². The second kappa shape index (κ2) is 8.07. The van der Waals surface area contributed by atoms with Crippen LogP contribution in [0.15, 0.2) is 41.5 Å². The number of aryl methyl sites for hydroxylation is 2. The van der Waals surface area contributed by atoms with Crippen molar-refractivity contribution in [1.29, 1.82) is 0 Å². The van der Waals surface area contributed by atoms with Gasteiger partial charge in [-0.3, -0.25) is 9.59 Å². The van der Waals surface area contributed by atoms with Gasteiger partial charge in [-0.15, -0.1) is 0 Å². The van der Waals surface area contributed by atoms with Gasteiger partial charge in [0, 0.05) is 36.7 Å². The van der Waals surface area contributed by atoms with Gasteiger partial charge in [-0.2, -0.15) is 5.10 Å². The number of rotatable bonds is 5. The summed E-state index contributed by atoms with van der Waals surface area (Å²) in [5, 5.41) is 7.53. The number of ether oxygens (including phenoxy) is 1. The van der Waals surface area contributed by atoms with Gasteiger partial charge in [0.2, 0.25) is 0 Å². The lowest BCUT2D eigenvalue weighted by molar-refractivity contribution is 0.0858. The van der Waals surface area contributed by atoms with Crippen molar-refractivity contribution < 1.29 is 9.53 Å². The van der Waals surface area contributed by atoms with Crippen LogP contribution in [-0.4, -0.2) is 39.3 Å². The van der Waals surface area contributed by atoms with E-state index in [0.717, 1.165) is 62.0 Å². The van der Waals surface area contributed by atoms with Gasteiger partial charge in [0.1, 0.15) is 5.52 Å². The molecule has 0 saturated carbocycles. The molecule has 1 N–H and O–H groups in total. The lowest BCUT2D eigenvalue weighted by atomic mass is 9.97. The Hall–Kier alpha value is -2.93. The molecular formula is C23H26N4O3. The summed E-state index contributed by atoms with van der Waals surface area (Å²) in [5.41, 5.74) is 4.46. The van der Waals surface area contributed by atoms with E-state index in [-0.39, 0.29) is 17.6 Å². The standard InChI is InChI=1S/C23H26N4O3/c28-22(24-14-18-4-3-13-30-18)17-9-7-16(8-10-17)15-26-11-12-27-21(23(26)29)19-5-1-2-6-20(19)25-27/h7-12,18H,1-6,13-15H2,(H,24,28)/t18-/m1/s1. The zero-order valence-corrected chi connectivity index (χ0v) is 17.0. The predicted molar refractivity (Wildman–Crippen MR) is 113 cm³/mol. The number of benzene rings is 1. The van der Waals surface area contributed by atoms with E-state index in [0.29, 0.717) is 24.2 Å². The van der Waals surface area contributed by atoms with Gasteiger partial charge in [-0.05, 0) is 56.2 Å². The van der Waals surface area contributed by atoms with Crippen LogP contribution in [0.5, 0.6) is 0 Å². The highest BCUT2D eigenvalue weighted by molar-refractivity contribution is 5.94. The first kappa shape index (κ1) is 19.1. The van der Waals surface area contributed by atoms with Crippen LogP contribution in [0.3, 0.4) is 0 Å². The highest BCUT2D eigenvalue weighted by Gasteiger charge is 2.20. The molecule has 1 aliphatic heterocycles. The summed E-state index contributed by atoms with van der Waals surface area (Å²) in [6, 6.07) is 7.43. The Morgan fingerprint density at radius 2 is 1.97 bits per heavy atom. The maximum Gasteiger partial charge on any atom is 0.277 e. The van der Waals surface area contributed by atoms with Crippen molar-refractivity contribution in [3.05, 3.63) is 69.4 Å². The van der Waals surface area contributed by atoms with Crippen molar-refractivity contribution in [2.24, 2.45) is 0 Å². The summed E-state index contributed by atoms with van der Waals surface area (Å²) in [6.07, 6.45) is 9.96. The number of carbonyl (C=O) groups excluding carboxylic acids is 1. The molecule has 0 spiro atoms. The summed E-state index contributed by atoms with van der Waals surface area (Å²) < 4.78 is 9.00. The molecule has 0 unspecified atom stereocenters. The number of carbonyl (C=O) groups is 1. The normalized spacial score (nSPS) is 18.5. The molecule has 1 fully saturated rings. The molecule has 2 aliphatic rings. The molecule has 3 heterocycles. The minimum atomic E-state index is -0.0958. The molecule has 1 atom stereocenters. The molecule has 7 nitrogen and oxygen atoms in total. The molecular weight excluding hydrogens is 380 g/mol. The predicted octanol–water partition coefficient (Wildman–Crippen LogP) is 2.33. The number of aromatic nitrogens is 3. The number of hydrogen-bond donors (Lipinski definition) is 1. The van der Waals surface area contributed by atoms with Crippen LogP contribution in [0.25, 0.3) is 5.52 Å². The zero-order chi connectivity index (χ0) is 20.5. The maximum absolute atomic E-state index is 13.1. The van der Waals surface area contributed by atoms with E-state index >= 15 is 0 Å². The average molecular weight is 406 g/mol. The monoisotopic (exact) mass is 406 g/mol. The summed E-state index contributed by atoms with van der Waals surface area (Å²) >= 11 is 0. The van der Waals surface area contributed by atoms with Gasteiger partial charge < -0.3 is 14.6 Å². The minimum absolute atomic E-state index is 0.00784. The first-order chi connectivity index (χ1) is 14.7. The van der Waals surface area contributed by atoms with Crippen LogP contribution in [0.1, 0.15) is 52.9 Å². The lowest BCUT2D eigenvalue weighted by Gasteiger charge is -2.11. The van der Waals surface area contributed by atoms with Crippen LogP contribution in [0.4, 0.5) is 0 Å². The van der Waals surface area contributed by atoms with Crippen molar-refractivity contribution in [2.45, 2.75) is 51.2 Å². The highest BCUT2D eigenvalue weighted by Crippen LogP contribution is 2.22.